The van der Waals surface area contributed by atoms with E-state index in [1.54, 1.807) is 11.8 Å². The van der Waals surface area contributed by atoms with Crippen LogP contribution in [0.5, 0.6) is 0 Å². The van der Waals surface area contributed by atoms with Crippen molar-refractivity contribution in [3.05, 3.63) is 17.5 Å². The van der Waals surface area contributed by atoms with Crippen molar-refractivity contribution in [1.29, 1.82) is 0 Å². The van der Waals surface area contributed by atoms with Crippen LogP contribution in [-0.2, 0) is 0 Å². The third-order valence-electron chi connectivity index (χ3n) is 3.21. The second kappa shape index (κ2) is 5.07. The average molecular weight is 253 g/mol. The zero-order chi connectivity index (χ0) is 13.3. The molecule has 0 spiro atoms. The zero-order valence-corrected chi connectivity index (χ0v) is 11.0. The number of aliphatic hydroxyl groups excluding tert-OH is 1. The number of carbonyl (C=O) groups is 1. The van der Waals surface area contributed by atoms with Gasteiger partial charge in [-0.2, -0.15) is 0 Å². The van der Waals surface area contributed by atoms with Gasteiger partial charge in [0.05, 0.1) is 12.3 Å². The fourth-order valence-corrected chi connectivity index (χ4v) is 2.39. The lowest BCUT2D eigenvalue weighted by atomic mass is 10.1. The van der Waals surface area contributed by atoms with Crippen LogP contribution in [0.3, 0.4) is 0 Å². The first-order valence-electron chi connectivity index (χ1n) is 6.04. The van der Waals surface area contributed by atoms with Gasteiger partial charge in [0.2, 0.25) is 0 Å². The molecule has 1 aromatic heterocycles. The average Bonchev–Trinajstić information content (AvgIpc) is 2.83. The lowest BCUT2D eigenvalue weighted by Crippen LogP contribution is -2.41. The van der Waals surface area contributed by atoms with Crippen molar-refractivity contribution >= 4 is 5.91 Å². The third kappa shape index (κ3) is 2.54. The Hall–Kier alpha value is -1.40. The lowest BCUT2D eigenvalue weighted by molar-refractivity contribution is 0.0697. The van der Waals surface area contributed by atoms with Crippen molar-refractivity contribution in [2.24, 2.45) is 0 Å². The SMILES string of the molecule is Cc1oncc1C(=O)N1CC(O)CC1CN(C)C. The summed E-state index contributed by atoms with van der Waals surface area (Å²) in [5.74, 6) is 0.405. The Kier molecular flexibility index (Phi) is 3.68. The standard InChI is InChI=1S/C12H19N3O3/c1-8-11(5-13-18-8)12(17)15-7-10(16)4-9(15)6-14(2)3/h5,9-10,16H,4,6-7H2,1-3H3. The highest BCUT2D eigenvalue weighted by Crippen LogP contribution is 2.22. The van der Waals surface area contributed by atoms with E-state index in [2.05, 4.69) is 5.16 Å². The molecule has 1 aliphatic heterocycles. The molecule has 0 aliphatic carbocycles. The van der Waals surface area contributed by atoms with Gasteiger partial charge < -0.3 is 19.4 Å². The van der Waals surface area contributed by atoms with Gasteiger partial charge in [-0.05, 0) is 27.4 Å². The molecule has 100 valence electrons. The van der Waals surface area contributed by atoms with Crippen LogP contribution in [0.4, 0.5) is 0 Å². The summed E-state index contributed by atoms with van der Waals surface area (Å²) in [7, 11) is 3.91. The quantitative estimate of drug-likeness (QED) is 0.828. The van der Waals surface area contributed by atoms with E-state index in [1.807, 2.05) is 19.0 Å². The van der Waals surface area contributed by atoms with E-state index in [1.165, 1.54) is 6.20 Å². The van der Waals surface area contributed by atoms with Crippen molar-refractivity contribution < 1.29 is 14.4 Å². The van der Waals surface area contributed by atoms with Crippen molar-refractivity contribution in [3.8, 4) is 0 Å². The molecule has 1 fully saturated rings. The van der Waals surface area contributed by atoms with Crippen LogP contribution in [0, 0.1) is 6.92 Å². The topological polar surface area (TPSA) is 69.8 Å². The fourth-order valence-electron chi connectivity index (χ4n) is 2.39. The first-order valence-corrected chi connectivity index (χ1v) is 6.04. The Morgan fingerprint density at radius 1 is 1.67 bits per heavy atom. The van der Waals surface area contributed by atoms with Gasteiger partial charge >= 0.3 is 0 Å². The van der Waals surface area contributed by atoms with Crippen LogP contribution in [0.25, 0.3) is 0 Å². The maximum absolute atomic E-state index is 12.4. The smallest absolute Gasteiger partial charge is 0.259 e. The number of likely N-dealkylation sites (N-methyl/N-ethyl adjacent to an activating group) is 1. The predicted octanol–water partition coefficient (Wildman–Crippen LogP) is 0.120. The van der Waals surface area contributed by atoms with Crippen LogP contribution < -0.4 is 0 Å². The number of likely N-dealkylation sites (tertiary alicyclic amines) is 1. The second-order valence-electron chi connectivity index (χ2n) is 5.06. The fraction of sp³-hybridized carbons (Fsp3) is 0.667. The number of β-amino-alcohol motifs (C(OH)–C–C–N with tert-alkyl or cyclic N) is 1. The maximum atomic E-state index is 12.4. The van der Waals surface area contributed by atoms with Crippen LogP contribution in [-0.4, -0.2) is 65.3 Å². The number of hydrogen-bond donors (Lipinski definition) is 1. The van der Waals surface area contributed by atoms with Gasteiger partial charge in [0.1, 0.15) is 11.3 Å². The molecule has 1 amide bonds. The van der Waals surface area contributed by atoms with E-state index < -0.39 is 6.10 Å². The molecule has 1 aliphatic rings. The number of amides is 1. The normalized spacial score (nSPS) is 23.9. The molecular weight excluding hydrogens is 234 g/mol. The van der Waals surface area contributed by atoms with E-state index in [-0.39, 0.29) is 11.9 Å². The Bertz CT molecular complexity index is 430. The maximum Gasteiger partial charge on any atom is 0.259 e. The molecule has 6 heteroatoms. The second-order valence-corrected chi connectivity index (χ2v) is 5.06. The van der Waals surface area contributed by atoms with Gasteiger partial charge in [-0.1, -0.05) is 5.16 Å². The highest BCUT2D eigenvalue weighted by molar-refractivity contribution is 5.95. The molecule has 2 heterocycles. The molecule has 0 bridgehead atoms. The summed E-state index contributed by atoms with van der Waals surface area (Å²) in [5.41, 5.74) is 0.479. The van der Waals surface area contributed by atoms with Gasteiger partial charge in [-0.15, -0.1) is 0 Å². The molecule has 0 aromatic carbocycles. The van der Waals surface area contributed by atoms with Gasteiger partial charge in [0.15, 0.2) is 0 Å². The molecule has 2 rings (SSSR count). The Labute approximate surface area is 106 Å². The number of hydrogen-bond acceptors (Lipinski definition) is 5. The number of aliphatic hydroxyl groups is 1. The van der Waals surface area contributed by atoms with Crippen molar-refractivity contribution in [2.45, 2.75) is 25.5 Å². The summed E-state index contributed by atoms with van der Waals surface area (Å²) < 4.78 is 4.92. The number of nitrogens with zero attached hydrogens (tertiary/aromatic N) is 3. The Morgan fingerprint density at radius 2 is 2.39 bits per heavy atom. The number of aryl methyl sites for hydroxylation is 1. The highest BCUT2D eigenvalue weighted by Gasteiger charge is 2.35. The van der Waals surface area contributed by atoms with E-state index >= 15 is 0 Å². The summed E-state index contributed by atoms with van der Waals surface area (Å²) in [6.07, 6.45) is 1.61. The molecule has 2 unspecified atom stereocenters. The number of rotatable bonds is 3. The molecule has 0 radical (unpaired) electrons. The number of carbonyl (C=O) groups excluding carboxylic acids is 1. The summed E-state index contributed by atoms with van der Waals surface area (Å²) in [6.45, 7) is 2.84. The van der Waals surface area contributed by atoms with Crippen LogP contribution in [0.15, 0.2) is 10.7 Å². The minimum Gasteiger partial charge on any atom is -0.391 e. The monoisotopic (exact) mass is 253 g/mol. The zero-order valence-electron chi connectivity index (χ0n) is 11.0. The third-order valence-corrected chi connectivity index (χ3v) is 3.21. The predicted molar refractivity (Wildman–Crippen MR) is 65.2 cm³/mol. The van der Waals surface area contributed by atoms with E-state index in [0.29, 0.717) is 24.3 Å². The molecule has 1 aromatic rings. The Balaban J connectivity index is 2.15. The van der Waals surface area contributed by atoms with Crippen molar-refractivity contribution in [1.82, 2.24) is 15.0 Å². The highest BCUT2D eigenvalue weighted by atomic mass is 16.5. The molecule has 0 saturated carbocycles. The molecule has 18 heavy (non-hydrogen) atoms. The summed E-state index contributed by atoms with van der Waals surface area (Å²) in [5, 5.41) is 13.4. The molecule has 1 N–H and O–H groups in total. The first-order chi connectivity index (χ1) is 8.49. The largest absolute Gasteiger partial charge is 0.391 e. The van der Waals surface area contributed by atoms with Gasteiger partial charge in [-0.25, -0.2) is 0 Å². The first kappa shape index (κ1) is 13.0. The Morgan fingerprint density at radius 3 is 2.94 bits per heavy atom. The van der Waals surface area contributed by atoms with E-state index in [0.717, 1.165) is 6.54 Å². The van der Waals surface area contributed by atoms with Crippen LogP contribution in [0.2, 0.25) is 0 Å². The molecular formula is C12H19N3O3. The van der Waals surface area contributed by atoms with Crippen molar-refractivity contribution in [3.63, 3.8) is 0 Å². The molecule has 6 nitrogen and oxygen atoms in total. The van der Waals surface area contributed by atoms with E-state index in [4.69, 9.17) is 4.52 Å². The van der Waals surface area contributed by atoms with E-state index in [9.17, 15) is 9.90 Å². The van der Waals surface area contributed by atoms with Crippen LogP contribution >= 0.6 is 0 Å². The minimum atomic E-state index is -0.445. The molecule has 2 atom stereocenters. The van der Waals surface area contributed by atoms with Gasteiger partial charge in [0, 0.05) is 19.1 Å². The van der Waals surface area contributed by atoms with Crippen molar-refractivity contribution in [2.75, 3.05) is 27.2 Å². The lowest BCUT2D eigenvalue weighted by Gasteiger charge is -2.26. The minimum absolute atomic E-state index is 0.0387. The van der Waals surface area contributed by atoms with Crippen LogP contribution in [0.1, 0.15) is 22.5 Å². The number of aromatic nitrogens is 1. The summed E-state index contributed by atoms with van der Waals surface area (Å²) in [6, 6.07) is 0.0387. The summed E-state index contributed by atoms with van der Waals surface area (Å²) >= 11 is 0. The molecule has 1 saturated heterocycles. The van der Waals surface area contributed by atoms with Gasteiger partial charge in [0.25, 0.3) is 5.91 Å². The summed E-state index contributed by atoms with van der Waals surface area (Å²) in [4.78, 5) is 16.1. The van der Waals surface area contributed by atoms with Gasteiger partial charge in [-0.3, -0.25) is 4.79 Å².